The third-order valence-corrected chi connectivity index (χ3v) is 7.39. The van der Waals surface area contributed by atoms with Crippen molar-refractivity contribution in [3.63, 3.8) is 0 Å². The van der Waals surface area contributed by atoms with Crippen LogP contribution in [0.3, 0.4) is 0 Å². The molecule has 2 aromatic rings. The van der Waals surface area contributed by atoms with E-state index in [0.29, 0.717) is 17.6 Å². The molecule has 0 saturated carbocycles. The van der Waals surface area contributed by atoms with Crippen LogP contribution >= 0.6 is 0 Å². The van der Waals surface area contributed by atoms with Crippen LogP contribution in [0.2, 0.25) is 0 Å². The number of aliphatic hydroxyl groups excluding tert-OH is 1. The van der Waals surface area contributed by atoms with Gasteiger partial charge < -0.3 is 14.7 Å². The summed E-state index contributed by atoms with van der Waals surface area (Å²) in [7, 11) is -1.87. The summed E-state index contributed by atoms with van der Waals surface area (Å²) >= 11 is 0. The number of piperidine rings is 1. The molecule has 2 aliphatic heterocycles. The van der Waals surface area contributed by atoms with E-state index in [1.54, 1.807) is 25.1 Å². The highest BCUT2D eigenvalue weighted by molar-refractivity contribution is 7.85. The Morgan fingerprint density at radius 2 is 1.62 bits per heavy atom. The zero-order chi connectivity index (χ0) is 23.3. The summed E-state index contributed by atoms with van der Waals surface area (Å²) in [5.74, 6) is -0.860. The average Bonchev–Trinajstić information content (AvgIpc) is 2.96. The molecule has 0 aromatic heterocycles. The summed E-state index contributed by atoms with van der Waals surface area (Å²) in [5.41, 5.74) is 1.37. The summed E-state index contributed by atoms with van der Waals surface area (Å²) < 4.78 is 35.6. The minimum atomic E-state index is -4.03. The van der Waals surface area contributed by atoms with Crippen molar-refractivity contribution < 1.29 is 27.6 Å². The summed E-state index contributed by atoms with van der Waals surface area (Å²) in [6.07, 6.45) is 4.26. The van der Waals surface area contributed by atoms with Gasteiger partial charge in [0.25, 0.3) is 10.1 Å². The van der Waals surface area contributed by atoms with E-state index >= 15 is 0 Å². The molecule has 0 spiro atoms. The average molecular weight is 462 g/mol. The first-order valence-electron chi connectivity index (χ1n) is 10.8. The molecule has 7 nitrogen and oxygen atoms in total. The summed E-state index contributed by atoms with van der Waals surface area (Å²) in [5, 5.41) is 9.53. The highest BCUT2D eigenvalue weighted by Crippen LogP contribution is 2.36. The van der Waals surface area contributed by atoms with Gasteiger partial charge in [0.05, 0.1) is 11.5 Å². The first kappa shape index (κ1) is 24.4. The van der Waals surface area contributed by atoms with Crippen LogP contribution in [-0.4, -0.2) is 60.8 Å². The molecule has 2 heterocycles. The number of aliphatic hydroxyl groups is 1. The third kappa shape index (κ3) is 5.95. The number of carbonyl (C=O) groups is 1. The fourth-order valence-corrected chi connectivity index (χ4v) is 5.28. The van der Waals surface area contributed by atoms with Gasteiger partial charge in [-0.05, 0) is 56.8 Å². The van der Waals surface area contributed by atoms with Crippen molar-refractivity contribution in [2.45, 2.75) is 61.6 Å². The SMILES string of the molecule is CN1[C@@H]2CC[C@H]1C[C@@H](OC(=O)C(CO)c1ccccc1)C2.Cc1ccccc1S(=O)(=O)O. The summed E-state index contributed by atoms with van der Waals surface area (Å²) in [4.78, 5) is 14.8. The maximum atomic E-state index is 12.4. The Hall–Kier alpha value is -2.26. The molecule has 0 aliphatic carbocycles. The minimum absolute atomic E-state index is 0.00367. The van der Waals surface area contributed by atoms with Gasteiger partial charge in [-0.15, -0.1) is 0 Å². The molecule has 32 heavy (non-hydrogen) atoms. The number of rotatable bonds is 5. The van der Waals surface area contributed by atoms with Crippen LogP contribution in [0.4, 0.5) is 0 Å². The largest absolute Gasteiger partial charge is 0.462 e. The zero-order valence-corrected chi connectivity index (χ0v) is 19.2. The lowest BCUT2D eigenvalue weighted by molar-refractivity contribution is -0.155. The van der Waals surface area contributed by atoms with E-state index in [1.165, 1.54) is 18.9 Å². The number of hydrogen-bond donors (Lipinski definition) is 2. The van der Waals surface area contributed by atoms with E-state index in [-0.39, 0.29) is 23.6 Å². The molecular weight excluding hydrogens is 430 g/mol. The molecule has 0 radical (unpaired) electrons. The number of fused-ring (bicyclic) bond motifs is 2. The molecule has 2 bridgehead atoms. The van der Waals surface area contributed by atoms with Crippen molar-refractivity contribution in [1.82, 2.24) is 4.90 Å². The second-order valence-electron chi connectivity index (χ2n) is 8.47. The maximum absolute atomic E-state index is 12.4. The van der Waals surface area contributed by atoms with Crippen molar-refractivity contribution in [3.05, 3.63) is 65.7 Å². The molecule has 4 rings (SSSR count). The summed E-state index contributed by atoms with van der Waals surface area (Å²) in [6, 6.07) is 16.7. The van der Waals surface area contributed by atoms with Gasteiger partial charge in [0, 0.05) is 12.1 Å². The standard InChI is InChI=1S/C17H23NO3.C7H8O3S/c1-18-13-7-8-14(18)10-15(9-13)21-17(20)16(11-19)12-5-3-2-4-6-12;1-6-4-2-3-5-7(6)11(8,9)10/h2-6,13-16,19H,7-11H2,1H3;2-5H,1H3,(H,8,9,10)/t13-,14+,15+,16?;. The van der Waals surface area contributed by atoms with Crippen molar-refractivity contribution in [3.8, 4) is 0 Å². The number of nitrogens with zero attached hydrogens (tertiary/aromatic N) is 1. The second-order valence-corrected chi connectivity index (χ2v) is 9.86. The lowest BCUT2D eigenvalue weighted by atomic mass is 9.98. The van der Waals surface area contributed by atoms with Gasteiger partial charge in [-0.1, -0.05) is 48.5 Å². The Morgan fingerprint density at radius 3 is 2.12 bits per heavy atom. The Kier molecular flexibility index (Phi) is 8.05. The van der Waals surface area contributed by atoms with Crippen molar-refractivity contribution in [1.29, 1.82) is 0 Å². The molecule has 0 amide bonds. The van der Waals surface area contributed by atoms with E-state index in [9.17, 15) is 18.3 Å². The minimum Gasteiger partial charge on any atom is -0.462 e. The van der Waals surface area contributed by atoms with Crippen LogP contribution in [-0.2, 0) is 19.6 Å². The third-order valence-electron chi connectivity index (χ3n) is 6.38. The topological polar surface area (TPSA) is 104 Å². The number of benzene rings is 2. The number of carbonyl (C=O) groups excluding carboxylic acids is 1. The number of aryl methyl sites for hydroxylation is 1. The second kappa shape index (κ2) is 10.6. The zero-order valence-electron chi connectivity index (χ0n) is 18.4. The van der Waals surface area contributed by atoms with Crippen LogP contribution in [0.15, 0.2) is 59.5 Å². The molecule has 8 heteroatoms. The van der Waals surface area contributed by atoms with E-state index in [1.807, 2.05) is 30.3 Å². The molecule has 1 unspecified atom stereocenters. The Labute approximate surface area is 189 Å². The molecule has 4 atom stereocenters. The Morgan fingerprint density at radius 1 is 1.06 bits per heavy atom. The van der Waals surface area contributed by atoms with Gasteiger partial charge in [0.2, 0.25) is 0 Å². The Bertz CT molecular complexity index is 996. The van der Waals surface area contributed by atoms with Crippen LogP contribution in [0, 0.1) is 6.92 Å². The van der Waals surface area contributed by atoms with Crippen LogP contribution in [0.5, 0.6) is 0 Å². The van der Waals surface area contributed by atoms with Gasteiger partial charge >= 0.3 is 5.97 Å². The van der Waals surface area contributed by atoms with E-state index in [0.717, 1.165) is 18.4 Å². The van der Waals surface area contributed by atoms with Crippen molar-refractivity contribution >= 4 is 16.1 Å². The highest BCUT2D eigenvalue weighted by atomic mass is 32.2. The number of esters is 1. The number of hydrogen-bond acceptors (Lipinski definition) is 6. The maximum Gasteiger partial charge on any atom is 0.316 e. The smallest absolute Gasteiger partial charge is 0.316 e. The van der Waals surface area contributed by atoms with E-state index in [2.05, 4.69) is 11.9 Å². The van der Waals surface area contributed by atoms with Gasteiger partial charge in [0.1, 0.15) is 12.0 Å². The predicted octanol–water partition coefficient (Wildman–Crippen LogP) is 3.17. The van der Waals surface area contributed by atoms with E-state index in [4.69, 9.17) is 9.29 Å². The van der Waals surface area contributed by atoms with Crippen molar-refractivity contribution in [2.75, 3.05) is 13.7 Å². The van der Waals surface area contributed by atoms with Crippen LogP contribution in [0.1, 0.15) is 42.7 Å². The molecule has 2 aromatic carbocycles. The lowest BCUT2D eigenvalue weighted by Crippen LogP contribution is -2.43. The first-order valence-corrected chi connectivity index (χ1v) is 12.3. The van der Waals surface area contributed by atoms with Crippen LogP contribution < -0.4 is 0 Å². The fourth-order valence-electron chi connectivity index (χ4n) is 4.55. The molecular formula is C24H31NO6S. The quantitative estimate of drug-likeness (QED) is 0.521. The van der Waals surface area contributed by atoms with Crippen molar-refractivity contribution in [2.24, 2.45) is 0 Å². The fraction of sp³-hybridized carbons (Fsp3) is 0.458. The lowest BCUT2D eigenvalue weighted by Gasteiger charge is -2.36. The molecule has 2 N–H and O–H groups in total. The normalized spacial score (nSPS) is 23.7. The van der Waals surface area contributed by atoms with Gasteiger partial charge in [-0.25, -0.2) is 0 Å². The van der Waals surface area contributed by atoms with Crippen LogP contribution in [0.25, 0.3) is 0 Å². The predicted molar refractivity (Wildman–Crippen MR) is 121 cm³/mol. The molecule has 2 aliphatic rings. The highest BCUT2D eigenvalue weighted by Gasteiger charge is 2.40. The van der Waals surface area contributed by atoms with Gasteiger partial charge in [0.15, 0.2) is 0 Å². The summed E-state index contributed by atoms with van der Waals surface area (Å²) in [6.45, 7) is 1.42. The molecule has 2 saturated heterocycles. The van der Waals surface area contributed by atoms with E-state index < -0.39 is 16.0 Å². The van der Waals surface area contributed by atoms with Gasteiger partial charge in [-0.2, -0.15) is 8.42 Å². The molecule has 2 fully saturated rings. The number of ether oxygens (including phenoxy) is 1. The van der Waals surface area contributed by atoms with Gasteiger partial charge in [-0.3, -0.25) is 9.35 Å². The molecule has 174 valence electrons. The first-order chi connectivity index (χ1) is 15.2. The monoisotopic (exact) mass is 461 g/mol. The Balaban J connectivity index is 0.000000222.